The van der Waals surface area contributed by atoms with Crippen molar-refractivity contribution in [1.29, 1.82) is 0 Å². The van der Waals surface area contributed by atoms with Crippen LogP contribution in [0.2, 0.25) is 0 Å². The van der Waals surface area contributed by atoms with Crippen LogP contribution < -0.4 is 5.32 Å². The Bertz CT molecular complexity index is 316. The maximum Gasteiger partial charge on any atom is 0.116 e. The second kappa shape index (κ2) is 9.14. The summed E-state index contributed by atoms with van der Waals surface area (Å²) < 4.78 is 0. The highest BCUT2D eigenvalue weighted by atomic mass is 14.9. The number of nitrogens with two attached hydrogens (primary N) is 1. The van der Waals surface area contributed by atoms with Crippen LogP contribution in [0.3, 0.4) is 0 Å². The van der Waals surface area contributed by atoms with Crippen LogP contribution in [-0.4, -0.2) is 6.54 Å². The van der Waals surface area contributed by atoms with Crippen molar-refractivity contribution >= 4 is 0 Å². The van der Waals surface area contributed by atoms with E-state index in [1.165, 1.54) is 57.1 Å². The molecule has 0 radical (unpaired) electrons. The SMILES string of the molecule is CCCCCCCCC[NH2+]C(C)(C)c1ccccc1. The van der Waals surface area contributed by atoms with Gasteiger partial charge in [0.15, 0.2) is 0 Å². The Balaban J connectivity index is 2.12. The molecule has 1 heteroatoms. The van der Waals surface area contributed by atoms with Crippen LogP contribution in [-0.2, 0) is 5.54 Å². The van der Waals surface area contributed by atoms with Crippen LogP contribution in [0.15, 0.2) is 30.3 Å². The third kappa shape index (κ3) is 6.77. The van der Waals surface area contributed by atoms with E-state index >= 15 is 0 Å². The largest absolute Gasteiger partial charge is 0.338 e. The zero-order valence-corrected chi connectivity index (χ0v) is 13.1. The number of benzene rings is 1. The van der Waals surface area contributed by atoms with Crippen LogP contribution in [0.1, 0.15) is 71.3 Å². The molecule has 108 valence electrons. The fourth-order valence-corrected chi connectivity index (χ4v) is 2.55. The molecule has 0 aliphatic heterocycles. The van der Waals surface area contributed by atoms with Crippen molar-refractivity contribution in [3.63, 3.8) is 0 Å². The molecular formula is C18H32N+. The molecule has 0 bridgehead atoms. The molecule has 0 fully saturated rings. The molecule has 1 aromatic carbocycles. The minimum Gasteiger partial charge on any atom is -0.338 e. The lowest BCUT2D eigenvalue weighted by atomic mass is 9.94. The number of quaternary nitrogens is 1. The first-order valence-corrected chi connectivity index (χ1v) is 8.06. The Hall–Kier alpha value is -0.820. The molecule has 0 aliphatic rings. The smallest absolute Gasteiger partial charge is 0.116 e. The van der Waals surface area contributed by atoms with Crippen molar-refractivity contribution in [3.8, 4) is 0 Å². The first-order valence-electron chi connectivity index (χ1n) is 8.06. The Morgan fingerprint density at radius 3 is 2.05 bits per heavy atom. The van der Waals surface area contributed by atoms with E-state index in [1.807, 2.05) is 0 Å². The van der Waals surface area contributed by atoms with E-state index in [0.717, 1.165) is 0 Å². The molecule has 0 heterocycles. The second-order valence-corrected chi connectivity index (χ2v) is 6.20. The number of hydrogen-bond acceptors (Lipinski definition) is 0. The third-order valence-corrected chi connectivity index (χ3v) is 3.98. The van der Waals surface area contributed by atoms with Gasteiger partial charge in [-0.3, -0.25) is 0 Å². The fraction of sp³-hybridized carbons (Fsp3) is 0.667. The Kier molecular flexibility index (Phi) is 7.81. The molecule has 0 amide bonds. The highest BCUT2D eigenvalue weighted by Gasteiger charge is 2.22. The van der Waals surface area contributed by atoms with Gasteiger partial charge < -0.3 is 5.32 Å². The predicted octanol–water partition coefficient (Wildman–Crippen LogP) is 4.24. The summed E-state index contributed by atoms with van der Waals surface area (Å²) in [6.07, 6.45) is 9.77. The quantitative estimate of drug-likeness (QED) is 0.608. The first kappa shape index (κ1) is 16.2. The summed E-state index contributed by atoms with van der Waals surface area (Å²) in [5.41, 5.74) is 1.64. The van der Waals surface area contributed by atoms with Gasteiger partial charge in [-0.15, -0.1) is 0 Å². The summed E-state index contributed by atoms with van der Waals surface area (Å²) in [5.74, 6) is 0. The van der Waals surface area contributed by atoms with E-state index in [-0.39, 0.29) is 5.54 Å². The van der Waals surface area contributed by atoms with E-state index in [0.29, 0.717) is 0 Å². The monoisotopic (exact) mass is 262 g/mol. The van der Waals surface area contributed by atoms with Crippen LogP contribution in [0.4, 0.5) is 0 Å². The van der Waals surface area contributed by atoms with E-state index in [1.54, 1.807) is 0 Å². The second-order valence-electron chi connectivity index (χ2n) is 6.20. The molecule has 0 saturated heterocycles. The summed E-state index contributed by atoms with van der Waals surface area (Å²) in [6, 6.07) is 10.8. The van der Waals surface area contributed by atoms with Gasteiger partial charge in [0.25, 0.3) is 0 Å². The van der Waals surface area contributed by atoms with Crippen molar-refractivity contribution in [1.82, 2.24) is 0 Å². The summed E-state index contributed by atoms with van der Waals surface area (Å²) in [6.45, 7) is 8.17. The van der Waals surface area contributed by atoms with Crippen molar-refractivity contribution in [3.05, 3.63) is 35.9 Å². The molecule has 19 heavy (non-hydrogen) atoms. The van der Waals surface area contributed by atoms with Gasteiger partial charge in [0, 0.05) is 5.56 Å². The summed E-state index contributed by atoms with van der Waals surface area (Å²) in [7, 11) is 0. The maximum absolute atomic E-state index is 2.49. The number of unbranched alkanes of at least 4 members (excludes halogenated alkanes) is 6. The predicted molar refractivity (Wildman–Crippen MR) is 84.3 cm³/mol. The van der Waals surface area contributed by atoms with Gasteiger partial charge in [-0.2, -0.15) is 0 Å². The Morgan fingerprint density at radius 2 is 1.42 bits per heavy atom. The molecular weight excluding hydrogens is 230 g/mol. The summed E-state index contributed by atoms with van der Waals surface area (Å²) >= 11 is 0. The van der Waals surface area contributed by atoms with E-state index in [2.05, 4.69) is 56.4 Å². The zero-order valence-electron chi connectivity index (χ0n) is 13.1. The van der Waals surface area contributed by atoms with Crippen LogP contribution in [0, 0.1) is 0 Å². The molecule has 1 rings (SSSR count). The average Bonchev–Trinajstić information content (AvgIpc) is 2.43. The molecule has 0 saturated carbocycles. The lowest BCUT2D eigenvalue weighted by molar-refractivity contribution is -0.729. The van der Waals surface area contributed by atoms with Crippen LogP contribution in [0.25, 0.3) is 0 Å². The standard InChI is InChI=1S/C18H31N/c1-4-5-6-7-8-9-13-16-19-18(2,3)17-14-11-10-12-15-17/h10-12,14-15,19H,4-9,13,16H2,1-3H3/p+1. The summed E-state index contributed by atoms with van der Waals surface area (Å²) in [5, 5.41) is 2.49. The van der Waals surface area contributed by atoms with Gasteiger partial charge in [-0.25, -0.2) is 0 Å². The average molecular weight is 262 g/mol. The van der Waals surface area contributed by atoms with Gasteiger partial charge in [0.1, 0.15) is 5.54 Å². The number of rotatable bonds is 10. The van der Waals surface area contributed by atoms with Crippen molar-refractivity contribution in [2.75, 3.05) is 6.54 Å². The first-order chi connectivity index (χ1) is 9.17. The molecule has 0 aromatic heterocycles. The zero-order chi connectivity index (χ0) is 14.0. The lowest BCUT2D eigenvalue weighted by Crippen LogP contribution is -2.93. The van der Waals surface area contributed by atoms with Crippen molar-refractivity contribution in [2.24, 2.45) is 0 Å². The molecule has 1 nitrogen and oxygen atoms in total. The highest BCUT2D eigenvalue weighted by molar-refractivity contribution is 5.19. The highest BCUT2D eigenvalue weighted by Crippen LogP contribution is 2.14. The van der Waals surface area contributed by atoms with Crippen molar-refractivity contribution < 1.29 is 5.32 Å². The minimum absolute atomic E-state index is 0.212. The maximum atomic E-state index is 2.49. The van der Waals surface area contributed by atoms with Crippen LogP contribution in [0.5, 0.6) is 0 Å². The Labute approximate surface area is 119 Å². The van der Waals surface area contributed by atoms with E-state index in [4.69, 9.17) is 0 Å². The minimum atomic E-state index is 0.212. The van der Waals surface area contributed by atoms with Crippen LogP contribution >= 0.6 is 0 Å². The Morgan fingerprint density at radius 1 is 0.842 bits per heavy atom. The van der Waals surface area contributed by atoms with Crippen molar-refractivity contribution in [2.45, 2.75) is 71.3 Å². The van der Waals surface area contributed by atoms with Gasteiger partial charge in [0.05, 0.1) is 6.54 Å². The molecule has 0 atom stereocenters. The third-order valence-electron chi connectivity index (χ3n) is 3.98. The molecule has 0 aliphatic carbocycles. The van der Waals surface area contributed by atoms with Gasteiger partial charge >= 0.3 is 0 Å². The molecule has 0 spiro atoms. The molecule has 2 N–H and O–H groups in total. The van der Waals surface area contributed by atoms with E-state index in [9.17, 15) is 0 Å². The topological polar surface area (TPSA) is 16.6 Å². The fourth-order valence-electron chi connectivity index (χ4n) is 2.55. The normalized spacial score (nSPS) is 11.7. The van der Waals surface area contributed by atoms with E-state index < -0.39 is 0 Å². The van der Waals surface area contributed by atoms with Gasteiger partial charge in [0.2, 0.25) is 0 Å². The summed E-state index contributed by atoms with van der Waals surface area (Å²) in [4.78, 5) is 0. The molecule has 1 aromatic rings. The molecule has 0 unspecified atom stereocenters. The van der Waals surface area contributed by atoms with Gasteiger partial charge in [-0.1, -0.05) is 69.4 Å². The lowest BCUT2D eigenvalue weighted by Gasteiger charge is -2.23. The van der Waals surface area contributed by atoms with Gasteiger partial charge in [-0.05, 0) is 26.7 Å². The number of hydrogen-bond donors (Lipinski definition) is 1.